The van der Waals surface area contributed by atoms with Crippen LogP contribution in [0.2, 0.25) is 19.6 Å². The van der Waals surface area contributed by atoms with Gasteiger partial charge in [0.15, 0.2) is 5.58 Å². The largest absolute Gasteiger partial charge is 0.454 e. The summed E-state index contributed by atoms with van der Waals surface area (Å²) in [6.45, 7) is 7.15. The average Bonchev–Trinajstić information content (AvgIpc) is 3.42. The Morgan fingerprint density at radius 2 is 1.26 bits per heavy atom. The van der Waals surface area contributed by atoms with Gasteiger partial charge in [0.2, 0.25) is 0 Å². The summed E-state index contributed by atoms with van der Waals surface area (Å²) >= 11 is 0. The number of nitrogens with zero attached hydrogens (tertiary/aromatic N) is 1. The Kier molecular flexibility index (Phi) is 6.68. The van der Waals surface area contributed by atoms with E-state index in [0.717, 1.165) is 40.0 Å². The minimum atomic E-state index is -1.61. The summed E-state index contributed by atoms with van der Waals surface area (Å²) < 4.78 is 6.85. The van der Waals surface area contributed by atoms with E-state index in [0.29, 0.717) is 5.92 Å². The molecule has 5 aromatic carbocycles. The van der Waals surface area contributed by atoms with Crippen LogP contribution in [0.15, 0.2) is 144 Å². The van der Waals surface area contributed by atoms with Gasteiger partial charge in [-0.25, -0.2) is 0 Å². The lowest BCUT2D eigenvalue weighted by atomic mass is 9.92. The van der Waals surface area contributed by atoms with Crippen molar-refractivity contribution in [2.75, 3.05) is 4.90 Å². The van der Waals surface area contributed by atoms with Gasteiger partial charge in [-0.3, -0.25) is 0 Å². The number of fused-ring (bicyclic) bond motifs is 3. The van der Waals surface area contributed by atoms with E-state index in [-0.39, 0.29) is 0 Å². The van der Waals surface area contributed by atoms with E-state index in [4.69, 9.17) is 4.42 Å². The van der Waals surface area contributed by atoms with E-state index in [2.05, 4.69) is 164 Å². The summed E-state index contributed by atoms with van der Waals surface area (Å²) in [5.41, 5.74) is 8.97. The van der Waals surface area contributed by atoms with E-state index in [1.54, 1.807) is 0 Å². The predicted molar refractivity (Wildman–Crippen MR) is 182 cm³/mol. The second kappa shape index (κ2) is 10.7. The van der Waals surface area contributed by atoms with Crippen LogP contribution >= 0.6 is 0 Å². The normalized spacial score (nSPS) is 15.0. The molecular weight excluding hydrogens is 527 g/mol. The van der Waals surface area contributed by atoms with Crippen LogP contribution in [0.4, 0.5) is 17.1 Å². The highest BCUT2D eigenvalue weighted by Crippen LogP contribution is 2.42. The van der Waals surface area contributed by atoms with Gasteiger partial charge >= 0.3 is 0 Å². The smallest absolute Gasteiger partial charge is 0.159 e. The molecule has 0 amide bonds. The fraction of sp³-hybridized carbons (Fsp3) is 0.128. The summed E-state index contributed by atoms with van der Waals surface area (Å²) in [7, 11) is -1.61. The van der Waals surface area contributed by atoms with Gasteiger partial charge in [-0.1, -0.05) is 129 Å². The number of hydrogen-bond donors (Lipinski definition) is 0. The molecule has 3 heteroatoms. The van der Waals surface area contributed by atoms with Crippen LogP contribution in [0.1, 0.15) is 17.9 Å². The van der Waals surface area contributed by atoms with Crippen LogP contribution in [-0.2, 0) is 0 Å². The van der Waals surface area contributed by atoms with Crippen LogP contribution < -0.4 is 10.1 Å². The first kappa shape index (κ1) is 26.3. The zero-order valence-corrected chi connectivity index (χ0v) is 25.4. The Labute approximate surface area is 249 Å². The minimum absolute atomic E-state index is 0.418. The Morgan fingerprint density at radius 3 is 1.93 bits per heavy atom. The lowest BCUT2D eigenvalue weighted by Crippen LogP contribution is -2.37. The minimum Gasteiger partial charge on any atom is -0.454 e. The Hall–Kier alpha value is -4.60. The van der Waals surface area contributed by atoms with Crippen molar-refractivity contribution in [2.45, 2.75) is 32.0 Å². The SMILES string of the molecule is C[Si](C)(C)c1cccc2c1oc1c(N(c3ccc(-c4ccccc4)cc3)c3ccc(C4C=CC=CC4)cc3)cccc12. The van der Waals surface area contributed by atoms with E-state index in [1.807, 2.05) is 0 Å². The van der Waals surface area contributed by atoms with Crippen molar-refractivity contribution in [3.05, 3.63) is 145 Å². The molecule has 0 radical (unpaired) electrons. The molecule has 1 unspecified atom stereocenters. The summed E-state index contributed by atoms with van der Waals surface area (Å²) in [4.78, 5) is 2.34. The molecule has 0 saturated heterocycles. The number of para-hydroxylation sites is 2. The molecule has 1 aromatic heterocycles. The van der Waals surface area contributed by atoms with Gasteiger partial charge in [-0.15, -0.1) is 0 Å². The molecule has 206 valence electrons. The quantitative estimate of drug-likeness (QED) is 0.188. The summed E-state index contributed by atoms with van der Waals surface area (Å²) in [6, 6.07) is 41.7. The van der Waals surface area contributed by atoms with Crippen molar-refractivity contribution in [3.63, 3.8) is 0 Å². The lowest BCUT2D eigenvalue weighted by Gasteiger charge is -2.26. The highest BCUT2D eigenvalue weighted by molar-refractivity contribution is 6.90. The van der Waals surface area contributed by atoms with Gasteiger partial charge in [0.05, 0.1) is 13.8 Å². The van der Waals surface area contributed by atoms with Crippen LogP contribution in [0.3, 0.4) is 0 Å². The van der Waals surface area contributed by atoms with E-state index < -0.39 is 8.07 Å². The van der Waals surface area contributed by atoms with Gasteiger partial charge in [0, 0.05) is 28.1 Å². The number of furan rings is 1. The molecule has 1 atom stereocenters. The van der Waals surface area contributed by atoms with Crippen LogP contribution in [0, 0.1) is 0 Å². The van der Waals surface area contributed by atoms with E-state index in [1.165, 1.54) is 27.3 Å². The Morgan fingerprint density at radius 1 is 0.619 bits per heavy atom. The lowest BCUT2D eigenvalue weighted by molar-refractivity contribution is 0.671. The van der Waals surface area contributed by atoms with Crippen molar-refractivity contribution in [1.82, 2.24) is 0 Å². The topological polar surface area (TPSA) is 16.4 Å². The molecule has 0 spiro atoms. The second-order valence-corrected chi connectivity index (χ2v) is 17.2. The molecule has 1 aliphatic carbocycles. The third-order valence-corrected chi connectivity index (χ3v) is 10.4. The van der Waals surface area contributed by atoms with Crippen molar-refractivity contribution in [1.29, 1.82) is 0 Å². The van der Waals surface area contributed by atoms with Crippen molar-refractivity contribution >= 4 is 52.3 Å². The van der Waals surface area contributed by atoms with Gasteiger partial charge in [0.1, 0.15) is 5.58 Å². The Balaban J connectivity index is 1.39. The van der Waals surface area contributed by atoms with Crippen LogP contribution in [0.5, 0.6) is 0 Å². The first-order chi connectivity index (χ1) is 20.5. The number of anilines is 3. The number of hydrogen-bond acceptors (Lipinski definition) is 2. The molecule has 6 aromatic rings. The monoisotopic (exact) mass is 561 g/mol. The fourth-order valence-corrected chi connectivity index (χ4v) is 7.59. The zero-order chi connectivity index (χ0) is 28.7. The van der Waals surface area contributed by atoms with Crippen LogP contribution in [-0.4, -0.2) is 8.07 Å². The molecule has 0 saturated carbocycles. The molecule has 7 rings (SSSR count). The molecule has 1 aliphatic rings. The highest BCUT2D eigenvalue weighted by Gasteiger charge is 2.25. The maximum Gasteiger partial charge on any atom is 0.159 e. The molecule has 0 fully saturated rings. The summed E-state index contributed by atoms with van der Waals surface area (Å²) in [5.74, 6) is 0.418. The first-order valence-electron chi connectivity index (χ1n) is 14.8. The maximum absolute atomic E-state index is 6.85. The third kappa shape index (κ3) is 4.80. The molecule has 0 N–H and O–H groups in total. The number of allylic oxidation sites excluding steroid dienone is 4. The molecular formula is C39H35NOSi. The van der Waals surface area contributed by atoms with Gasteiger partial charge in [-0.2, -0.15) is 0 Å². The van der Waals surface area contributed by atoms with Crippen molar-refractivity contribution in [2.24, 2.45) is 0 Å². The molecule has 2 nitrogen and oxygen atoms in total. The zero-order valence-electron chi connectivity index (χ0n) is 24.4. The standard InChI is InChI=1S/C39H35NOSi/c1-42(2,3)37-19-11-17-35-34-16-10-18-36(38(34)41-39(35)37)40(32-24-20-30(21-25-32)28-12-6-4-7-13-28)33-26-22-31(23-27-33)29-14-8-5-9-15-29/h4-14,16-27,29H,15H2,1-3H3. The average molecular weight is 562 g/mol. The molecule has 0 bridgehead atoms. The number of benzene rings is 5. The number of rotatable bonds is 6. The van der Waals surface area contributed by atoms with Gasteiger partial charge < -0.3 is 9.32 Å². The van der Waals surface area contributed by atoms with Crippen LogP contribution in [0.25, 0.3) is 33.1 Å². The summed E-state index contributed by atoms with van der Waals surface area (Å²) in [5, 5.41) is 3.71. The first-order valence-corrected chi connectivity index (χ1v) is 18.3. The van der Waals surface area contributed by atoms with E-state index >= 15 is 0 Å². The fourth-order valence-electron chi connectivity index (χ4n) is 6.13. The van der Waals surface area contributed by atoms with Crippen molar-refractivity contribution < 1.29 is 4.42 Å². The summed E-state index contributed by atoms with van der Waals surface area (Å²) in [6.07, 6.45) is 9.86. The Bertz CT molecular complexity index is 1920. The molecule has 0 aliphatic heterocycles. The molecule has 42 heavy (non-hydrogen) atoms. The highest BCUT2D eigenvalue weighted by atomic mass is 28.3. The predicted octanol–water partition coefficient (Wildman–Crippen LogP) is 10.9. The van der Waals surface area contributed by atoms with Gasteiger partial charge in [-0.05, 0) is 58.6 Å². The van der Waals surface area contributed by atoms with Gasteiger partial charge in [0.25, 0.3) is 0 Å². The van der Waals surface area contributed by atoms with E-state index in [9.17, 15) is 0 Å². The second-order valence-electron chi connectivity index (χ2n) is 12.2. The maximum atomic E-state index is 6.85. The van der Waals surface area contributed by atoms with Crippen molar-refractivity contribution in [3.8, 4) is 11.1 Å². The molecule has 1 heterocycles. The third-order valence-electron chi connectivity index (χ3n) is 8.35.